The number of carbonyl (C=O) groups excluding carboxylic acids is 1. The largest absolute Gasteiger partial charge is 0.493 e. The minimum Gasteiger partial charge on any atom is -0.493 e. The molecule has 0 atom stereocenters. The van der Waals surface area contributed by atoms with Crippen LogP contribution in [0.4, 0.5) is 0 Å². The minimum atomic E-state index is -0.534. The topological polar surface area (TPSA) is 86.3 Å². The van der Waals surface area contributed by atoms with E-state index in [-0.39, 0.29) is 12.3 Å². The average molecular weight is 384 g/mol. The van der Waals surface area contributed by atoms with Crippen LogP contribution < -0.4 is 9.47 Å². The third-order valence-corrected chi connectivity index (χ3v) is 3.64. The Bertz CT molecular complexity index is 687. The van der Waals surface area contributed by atoms with Crippen molar-refractivity contribution in [2.75, 3.05) is 20.3 Å². The summed E-state index contributed by atoms with van der Waals surface area (Å²) < 4.78 is 16.7. The number of halogens is 1. The van der Waals surface area contributed by atoms with Crippen LogP contribution in [0.25, 0.3) is 11.3 Å². The predicted molar refractivity (Wildman–Crippen MR) is 87.8 cm³/mol. The zero-order chi connectivity index (χ0) is 16.8. The van der Waals surface area contributed by atoms with Crippen molar-refractivity contribution in [2.24, 2.45) is 0 Å². The molecule has 0 unspecified atom stereocenters. The Morgan fingerprint density at radius 1 is 1.26 bits per heavy atom. The molecule has 23 heavy (non-hydrogen) atoms. The molecule has 124 valence electrons. The van der Waals surface area contributed by atoms with E-state index in [1.165, 1.54) is 0 Å². The first kappa shape index (κ1) is 17.3. The van der Waals surface area contributed by atoms with E-state index in [4.69, 9.17) is 14.2 Å². The highest BCUT2D eigenvalue weighted by atomic mass is 79.9. The smallest absolute Gasteiger partial charge is 0.361 e. The van der Waals surface area contributed by atoms with Crippen molar-refractivity contribution < 1.29 is 19.0 Å². The van der Waals surface area contributed by atoms with Crippen molar-refractivity contribution in [3.63, 3.8) is 0 Å². The summed E-state index contributed by atoms with van der Waals surface area (Å²) in [4.78, 5) is 12.0. The molecule has 1 N–H and O–H groups in total. The number of benzene rings is 1. The molecule has 1 aromatic heterocycles. The summed E-state index contributed by atoms with van der Waals surface area (Å²) in [6.45, 7) is 4.60. The van der Waals surface area contributed by atoms with Gasteiger partial charge in [-0.05, 0) is 41.4 Å². The quantitative estimate of drug-likeness (QED) is 0.738. The maximum absolute atomic E-state index is 12.0. The number of H-pyrrole nitrogens is 1. The average Bonchev–Trinajstić information content (AvgIpc) is 3.02. The van der Waals surface area contributed by atoms with Crippen molar-refractivity contribution in [3.8, 4) is 22.8 Å². The molecule has 2 aromatic rings. The Morgan fingerprint density at radius 3 is 2.70 bits per heavy atom. The number of rotatable bonds is 7. The number of esters is 1. The van der Waals surface area contributed by atoms with Crippen molar-refractivity contribution in [3.05, 3.63) is 22.3 Å². The van der Waals surface area contributed by atoms with Gasteiger partial charge in [0.2, 0.25) is 0 Å². The van der Waals surface area contributed by atoms with Crippen LogP contribution in [-0.4, -0.2) is 41.7 Å². The molecule has 0 spiro atoms. The normalized spacial score (nSPS) is 10.4. The minimum absolute atomic E-state index is 0.122. The second-order valence-corrected chi connectivity index (χ2v) is 5.43. The number of hydrogen-bond acceptors (Lipinski definition) is 6. The molecular weight excluding hydrogens is 366 g/mol. The molecule has 0 fully saturated rings. The summed E-state index contributed by atoms with van der Waals surface area (Å²) in [5, 5.41) is 10.4. The zero-order valence-electron chi connectivity index (χ0n) is 13.2. The molecule has 7 nitrogen and oxygen atoms in total. The van der Waals surface area contributed by atoms with Crippen molar-refractivity contribution in [2.45, 2.75) is 20.3 Å². The monoisotopic (exact) mass is 383 g/mol. The lowest BCUT2D eigenvalue weighted by molar-refractivity contribution is 0.0520. The number of aromatic amines is 1. The maximum atomic E-state index is 12.0. The van der Waals surface area contributed by atoms with Crippen LogP contribution in [0.15, 0.2) is 16.6 Å². The second kappa shape index (κ2) is 7.96. The van der Waals surface area contributed by atoms with Gasteiger partial charge in [-0.3, -0.25) is 0 Å². The van der Waals surface area contributed by atoms with Gasteiger partial charge >= 0.3 is 5.97 Å². The highest BCUT2D eigenvalue weighted by Gasteiger charge is 2.22. The molecule has 0 radical (unpaired) electrons. The first-order valence-corrected chi connectivity index (χ1v) is 8.00. The van der Waals surface area contributed by atoms with Crippen LogP contribution in [0, 0.1) is 0 Å². The van der Waals surface area contributed by atoms with Crippen LogP contribution in [0.2, 0.25) is 0 Å². The maximum Gasteiger partial charge on any atom is 0.361 e. The molecule has 0 saturated carbocycles. The molecule has 8 heteroatoms. The molecule has 2 rings (SSSR count). The summed E-state index contributed by atoms with van der Waals surface area (Å²) in [5.74, 6) is 0.633. The fraction of sp³-hybridized carbons (Fsp3) is 0.400. The molecule has 0 bridgehead atoms. The van der Waals surface area contributed by atoms with Crippen molar-refractivity contribution in [1.29, 1.82) is 0 Å². The fourth-order valence-corrected chi connectivity index (χ4v) is 2.47. The molecule has 1 aromatic carbocycles. The van der Waals surface area contributed by atoms with Crippen LogP contribution in [0.5, 0.6) is 11.5 Å². The van der Waals surface area contributed by atoms with Gasteiger partial charge in [-0.1, -0.05) is 6.92 Å². The lowest BCUT2D eigenvalue weighted by Crippen LogP contribution is -2.07. The van der Waals surface area contributed by atoms with E-state index in [1.54, 1.807) is 26.2 Å². The first-order valence-electron chi connectivity index (χ1n) is 7.20. The van der Waals surface area contributed by atoms with Gasteiger partial charge in [0.1, 0.15) is 5.69 Å². The first-order chi connectivity index (χ1) is 11.1. The van der Waals surface area contributed by atoms with E-state index < -0.39 is 5.97 Å². The van der Waals surface area contributed by atoms with Gasteiger partial charge in [-0.15, -0.1) is 5.10 Å². The number of nitrogens with zero attached hydrogens (tertiary/aromatic N) is 2. The van der Waals surface area contributed by atoms with Crippen molar-refractivity contribution in [1.82, 2.24) is 15.4 Å². The second-order valence-electron chi connectivity index (χ2n) is 4.57. The summed E-state index contributed by atoms with van der Waals surface area (Å²) in [7, 11) is 1.56. The number of methoxy groups -OCH3 is 1. The van der Waals surface area contributed by atoms with E-state index >= 15 is 0 Å². The Labute approximate surface area is 142 Å². The standard InChI is InChI=1S/C15H18BrN3O4/c1-4-6-23-12-8-10(16)9(7-11(12)21-3)13-14(18-19-17-13)15(20)22-5-2/h7-8H,4-6H2,1-3H3,(H,17,18,19). The van der Waals surface area contributed by atoms with Gasteiger partial charge in [0, 0.05) is 10.0 Å². The molecule has 0 aliphatic rings. The van der Waals surface area contributed by atoms with E-state index in [2.05, 4.69) is 31.3 Å². The lowest BCUT2D eigenvalue weighted by atomic mass is 10.1. The van der Waals surface area contributed by atoms with E-state index in [9.17, 15) is 4.79 Å². The van der Waals surface area contributed by atoms with E-state index in [1.807, 2.05) is 6.92 Å². The fourth-order valence-electron chi connectivity index (χ4n) is 1.96. The summed E-state index contributed by atoms with van der Waals surface area (Å²) in [6, 6.07) is 3.53. The molecule has 0 amide bonds. The predicted octanol–water partition coefficient (Wildman–Crippen LogP) is 3.21. The molecular formula is C15H18BrN3O4. The van der Waals surface area contributed by atoms with Crippen LogP contribution in [0.1, 0.15) is 30.8 Å². The number of ether oxygens (including phenoxy) is 3. The van der Waals surface area contributed by atoms with Crippen LogP contribution >= 0.6 is 15.9 Å². The van der Waals surface area contributed by atoms with E-state index in [0.717, 1.165) is 6.42 Å². The number of hydrogen-bond donors (Lipinski definition) is 1. The summed E-state index contributed by atoms with van der Waals surface area (Å²) in [6.07, 6.45) is 0.888. The van der Waals surface area contributed by atoms with E-state index in [0.29, 0.717) is 33.8 Å². The Kier molecular flexibility index (Phi) is 5.97. The molecule has 1 heterocycles. The van der Waals surface area contributed by atoms with Gasteiger partial charge in [0.05, 0.1) is 20.3 Å². The Balaban J connectivity index is 2.44. The molecule has 0 saturated heterocycles. The third-order valence-electron chi connectivity index (χ3n) is 2.99. The molecule has 0 aliphatic carbocycles. The van der Waals surface area contributed by atoms with Gasteiger partial charge in [-0.2, -0.15) is 10.3 Å². The third kappa shape index (κ3) is 3.82. The summed E-state index contributed by atoms with van der Waals surface area (Å²) >= 11 is 3.48. The van der Waals surface area contributed by atoms with Gasteiger partial charge in [0.15, 0.2) is 17.2 Å². The summed E-state index contributed by atoms with van der Waals surface area (Å²) in [5.41, 5.74) is 1.16. The van der Waals surface area contributed by atoms with Gasteiger partial charge in [0.25, 0.3) is 0 Å². The number of carbonyl (C=O) groups is 1. The van der Waals surface area contributed by atoms with Gasteiger partial charge in [-0.25, -0.2) is 4.79 Å². The highest BCUT2D eigenvalue weighted by Crippen LogP contribution is 2.38. The van der Waals surface area contributed by atoms with Crippen LogP contribution in [-0.2, 0) is 4.74 Å². The SMILES string of the molecule is CCCOc1cc(Br)c(-c2n[nH]nc2C(=O)OCC)cc1OC. The Morgan fingerprint density at radius 2 is 2.04 bits per heavy atom. The molecule has 0 aliphatic heterocycles. The zero-order valence-corrected chi connectivity index (χ0v) is 14.8. The lowest BCUT2D eigenvalue weighted by Gasteiger charge is -2.13. The Hall–Kier alpha value is -2.09. The van der Waals surface area contributed by atoms with Crippen molar-refractivity contribution >= 4 is 21.9 Å². The number of aromatic nitrogens is 3. The van der Waals surface area contributed by atoms with Crippen LogP contribution in [0.3, 0.4) is 0 Å². The number of nitrogens with one attached hydrogen (secondary N) is 1. The highest BCUT2D eigenvalue weighted by molar-refractivity contribution is 9.10. The van der Waals surface area contributed by atoms with Gasteiger partial charge < -0.3 is 14.2 Å².